The van der Waals surface area contributed by atoms with Crippen molar-refractivity contribution in [1.82, 2.24) is 4.98 Å². The smallest absolute Gasteiger partial charge is 0.250 e. The average Bonchev–Trinajstić information content (AvgIpc) is 3.17. The number of rotatable bonds is 8. The lowest BCUT2D eigenvalue weighted by Gasteiger charge is -2.08. The Morgan fingerprint density at radius 1 is 0.893 bits per heavy atom. The first kappa shape index (κ1) is 19.4. The molecule has 0 saturated heterocycles. The molecule has 6 nitrogen and oxygen atoms in total. The number of H-pyrrole nitrogens is 1. The molecular weight excluding hydrogens is 354 g/mol. The molecule has 0 spiro atoms. The summed E-state index contributed by atoms with van der Waals surface area (Å²) in [6.07, 6.45) is 0.970. The molecule has 0 atom stereocenters. The zero-order chi connectivity index (χ0) is 19.8. The summed E-state index contributed by atoms with van der Waals surface area (Å²) in [4.78, 5) is 27.2. The number of hydrogen-bond donors (Lipinski definition) is 3. The van der Waals surface area contributed by atoms with Gasteiger partial charge in [0.25, 0.3) is 0 Å². The summed E-state index contributed by atoms with van der Waals surface area (Å²) in [6, 6.07) is 21.1. The minimum Gasteiger partial charge on any atom is -0.375 e. The van der Waals surface area contributed by atoms with Gasteiger partial charge in [-0.15, -0.1) is 0 Å². The quantitative estimate of drug-likeness (QED) is 0.558. The molecule has 3 N–H and O–H groups in total. The van der Waals surface area contributed by atoms with E-state index in [1.807, 2.05) is 42.5 Å². The van der Waals surface area contributed by atoms with Crippen LogP contribution in [0.15, 0.2) is 66.7 Å². The molecule has 0 bridgehead atoms. The molecule has 3 rings (SSSR count). The SMILES string of the molecule is COCC(=O)Nc1cccc(NC(=O)CCc2ccc(-c3ccccc3)[nH]2)c1. The van der Waals surface area contributed by atoms with E-state index in [2.05, 4.69) is 15.6 Å². The van der Waals surface area contributed by atoms with Gasteiger partial charge in [-0.1, -0.05) is 36.4 Å². The normalized spacial score (nSPS) is 10.5. The van der Waals surface area contributed by atoms with Crippen molar-refractivity contribution < 1.29 is 14.3 Å². The molecular formula is C22H23N3O3. The Morgan fingerprint density at radius 2 is 1.61 bits per heavy atom. The van der Waals surface area contributed by atoms with Gasteiger partial charge in [0.1, 0.15) is 6.61 Å². The van der Waals surface area contributed by atoms with Crippen LogP contribution in [0.25, 0.3) is 11.3 Å². The fraction of sp³-hybridized carbons (Fsp3) is 0.182. The topological polar surface area (TPSA) is 83.2 Å². The van der Waals surface area contributed by atoms with Gasteiger partial charge in [0.15, 0.2) is 0 Å². The van der Waals surface area contributed by atoms with Crippen LogP contribution >= 0.6 is 0 Å². The van der Waals surface area contributed by atoms with E-state index in [9.17, 15) is 9.59 Å². The first-order valence-corrected chi connectivity index (χ1v) is 9.06. The maximum atomic E-state index is 12.3. The van der Waals surface area contributed by atoms with E-state index in [1.54, 1.807) is 24.3 Å². The summed E-state index contributed by atoms with van der Waals surface area (Å²) < 4.78 is 4.79. The van der Waals surface area contributed by atoms with E-state index in [0.29, 0.717) is 24.2 Å². The van der Waals surface area contributed by atoms with E-state index < -0.39 is 0 Å². The second kappa shape index (κ2) is 9.53. The molecule has 0 aliphatic rings. The molecule has 28 heavy (non-hydrogen) atoms. The largest absolute Gasteiger partial charge is 0.375 e. The fourth-order valence-corrected chi connectivity index (χ4v) is 2.85. The van der Waals surface area contributed by atoms with Crippen molar-refractivity contribution in [2.45, 2.75) is 12.8 Å². The third kappa shape index (κ3) is 5.56. The number of carbonyl (C=O) groups is 2. The van der Waals surface area contributed by atoms with Gasteiger partial charge < -0.3 is 20.4 Å². The summed E-state index contributed by atoms with van der Waals surface area (Å²) in [5.41, 5.74) is 4.41. The number of aromatic nitrogens is 1. The maximum absolute atomic E-state index is 12.3. The Hall–Kier alpha value is -3.38. The van der Waals surface area contributed by atoms with Gasteiger partial charge in [0, 0.05) is 36.3 Å². The minimum absolute atomic E-state index is 0.0162. The predicted molar refractivity (Wildman–Crippen MR) is 110 cm³/mol. The van der Waals surface area contributed by atoms with Gasteiger partial charge in [-0.2, -0.15) is 0 Å². The van der Waals surface area contributed by atoms with Crippen LogP contribution in [0.3, 0.4) is 0 Å². The summed E-state index contributed by atoms with van der Waals surface area (Å²) in [6.45, 7) is -0.0162. The lowest BCUT2D eigenvalue weighted by Crippen LogP contribution is -2.17. The number of nitrogens with one attached hydrogen (secondary N) is 3. The molecule has 144 valence electrons. The molecule has 1 aromatic heterocycles. The van der Waals surface area contributed by atoms with Crippen LogP contribution in [-0.4, -0.2) is 30.5 Å². The molecule has 0 aliphatic heterocycles. The van der Waals surface area contributed by atoms with E-state index in [0.717, 1.165) is 17.0 Å². The van der Waals surface area contributed by atoms with Gasteiger partial charge in [0.2, 0.25) is 11.8 Å². The zero-order valence-electron chi connectivity index (χ0n) is 15.7. The molecule has 0 saturated carbocycles. The Kier molecular flexibility index (Phi) is 6.59. The Bertz CT molecular complexity index is 935. The number of carbonyl (C=O) groups excluding carboxylic acids is 2. The van der Waals surface area contributed by atoms with Crippen molar-refractivity contribution in [3.63, 3.8) is 0 Å². The minimum atomic E-state index is -0.244. The van der Waals surface area contributed by atoms with E-state index >= 15 is 0 Å². The van der Waals surface area contributed by atoms with Crippen LogP contribution in [0.2, 0.25) is 0 Å². The van der Waals surface area contributed by atoms with Gasteiger partial charge >= 0.3 is 0 Å². The first-order chi connectivity index (χ1) is 13.6. The summed E-state index contributed by atoms with van der Waals surface area (Å²) >= 11 is 0. The number of anilines is 2. The van der Waals surface area contributed by atoms with Crippen molar-refractivity contribution in [3.8, 4) is 11.3 Å². The zero-order valence-corrected chi connectivity index (χ0v) is 15.7. The van der Waals surface area contributed by atoms with Gasteiger partial charge in [0.05, 0.1) is 0 Å². The predicted octanol–water partition coefficient (Wildman–Crippen LogP) is 3.84. The molecule has 2 aromatic carbocycles. The summed E-state index contributed by atoms with van der Waals surface area (Å²) in [5.74, 6) is -0.330. The summed E-state index contributed by atoms with van der Waals surface area (Å²) in [7, 11) is 1.46. The average molecular weight is 377 g/mol. The maximum Gasteiger partial charge on any atom is 0.250 e. The van der Waals surface area contributed by atoms with Gasteiger partial charge in [-0.05, 0) is 42.3 Å². The van der Waals surface area contributed by atoms with Crippen LogP contribution in [0, 0.1) is 0 Å². The Labute approximate surface area is 163 Å². The highest BCUT2D eigenvalue weighted by Crippen LogP contribution is 2.19. The van der Waals surface area contributed by atoms with E-state index in [4.69, 9.17) is 4.74 Å². The molecule has 0 fully saturated rings. The monoisotopic (exact) mass is 377 g/mol. The molecule has 0 unspecified atom stereocenters. The number of benzene rings is 2. The fourth-order valence-electron chi connectivity index (χ4n) is 2.85. The highest BCUT2D eigenvalue weighted by Gasteiger charge is 2.07. The number of aryl methyl sites for hydroxylation is 1. The number of hydrogen-bond acceptors (Lipinski definition) is 3. The van der Waals surface area contributed by atoms with Crippen molar-refractivity contribution in [2.24, 2.45) is 0 Å². The lowest BCUT2D eigenvalue weighted by atomic mass is 10.2. The van der Waals surface area contributed by atoms with Crippen LogP contribution < -0.4 is 10.6 Å². The second-order valence-corrected chi connectivity index (χ2v) is 6.37. The third-order valence-corrected chi connectivity index (χ3v) is 4.16. The molecule has 0 aliphatic carbocycles. The number of ether oxygens (including phenoxy) is 1. The van der Waals surface area contributed by atoms with Crippen LogP contribution in [-0.2, 0) is 20.7 Å². The van der Waals surface area contributed by atoms with Crippen LogP contribution in [0.4, 0.5) is 11.4 Å². The third-order valence-electron chi connectivity index (χ3n) is 4.16. The lowest BCUT2D eigenvalue weighted by molar-refractivity contribution is -0.119. The van der Waals surface area contributed by atoms with Crippen LogP contribution in [0.5, 0.6) is 0 Å². The number of aromatic amines is 1. The standard InChI is InChI=1S/C22H23N3O3/c1-28-15-22(27)25-19-9-5-8-18(14-19)24-21(26)13-11-17-10-12-20(23-17)16-6-3-2-4-7-16/h2-10,12,14,23H,11,13,15H2,1H3,(H,24,26)(H,25,27). The molecule has 0 radical (unpaired) electrons. The summed E-state index contributed by atoms with van der Waals surface area (Å²) in [5, 5.41) is 5.57. The highest BCUT2D eigenvalue weighted by atomic mass is 16.5. The number of amides is 2. The van der Waals surface area contributed by atoms with Gasteiger partial charge in [-0.25, -0.2) is 0 Å². The Balaban J connectivity index is 1.52. The second-order valence-electron chi connectivity index (χ2n) is 6.37. The van der Waals surface area contributed by atoms with Crippen LogP contribution in [0.1, 0.15) is 12.1 Å². The van der Waals surface area contributed by atoms with E-state index in [1.165, 1.54) is 7.11 Å². The molecule has 6 heteroatoms. The van der Waals surface area contributed by atoms with Crippen molar-refractivity contribution >= 4 is 23.2 Å². The van der Waals surface area contributed by atoms with E-state index in [-0.39, 0.29) is 18.4 Å². The van der Waals surface area contributed by atoms with Crippen molar-refractivity contribution in [3.05, 3.63) is 72.4 Å². The van der Waals surface area contributed by atoms with Crippen molar-refractivity contribution in [1.29, 1.82) is 0 Å². The van der Waals surface area contributed by atoms with Crippen molar-refractivity contribution in [2.75, 3.05) is 24.4 Å². The first-order valence-electron chi connectivity index (χ1n) is 9.06. The Morgan fingerprint density at radius 3 is 2.32 bits per heavy atom. The molecule has 2 amide bonds. The molecule has 1 heterocycles. The molecule has 3 aromatic rings. The highest BCUT2D eigenvalue weighted by molar-refractivity contribution is 5.94. The van der Waals surface area contributed by atoms with Gasteiger partial charge in [-0.3, -0.25) is 9.59 Å². The number of methoxy groups -OCH3 is 1.